The van der Waals surface area contributed by atoms with Gasteiger partial charge in [-0.25, -0.2) is 12.7 Å². The minimum atomic E-state index is -3.57. The van der Waals surface area contributed by atoms with E-state index in [9.17, 15) is 8.42 Å². The molecule has 2 rings (SSSR count). The van der Waals surface area contributed by atoms with Crippen LogP contribution in [0.15, 0.2) is 4.90 Å². The highest BCUT2D eigenvalue weighted by Gasteiger charge is 2.33. The van der Waals surface area contributed by atoms with Crippen molar-refractivity contribution < 1.29 is 8.42 Å². The van der Waals surface area contributed by atoms with Crippen molar-refractivity contribution >= 4 is 32.4 Å². The van der Waals surface area contributed by atoms with E-state index in [4.69, 9.17) is 5.73 Å². The number of sulfonamides is 1. The Kier molecular flexibility index (Phi) is 4.79. The number of aromatic nitrogens is 1. The molecule has 21 heavy (non-hydrogen) atoms. The lowest BCUT2D eigenvalue weighted by Gasteiger charge is -2.28. The summed E-state index contributed by atoms with van der Waals surface area (Å²) in [5.74, 6) is 0.0770. The number of rotatable bonds is 6. The first kappa shape index (κ1) is 16.5. The molecule has 1 aliphatic carbocycles. The monoisotopic (exact) mass is 332 g/mol. The van der Waals surface area contributed by atoms with Crippen LogP contribution < -0.4 is 11.1 Å². The third-order valence-electron chi connectivity index (χ3n) is 4.45. The van der Waals surface area contributed by atoms with Crippen molar-refractivity contribution in [1.82, 2.24) is 8.68 Å². The molecule has 0 atom stereocenters. The summed E-state index contributed by atoms with van der Waals surface area (Å²) in [5, 5.41) is 3.86. The Morgan fingerprint density at radius 3 is 2.52 bits per heavy atom. The molecule has 1 fully saturated rings. The largest absolute Gasteiger partial charge is 0.382 e. The number of nitrogens with one attached hydrogen (secondary N) is 1. The van der Waals surface area contributed by atoms with Gasteiger partial charge < -0.3 is 11.1 Å². The zero-order valence-electron chi connectivity index (χ0n) is 12.8. The lowest BCUT2D eigenvalue weighted by Crippen LogP contribution is -2.27. The van der Waals surface area contributed by atoms with E-state index in [0.717, 1.165) is 24.5 Å². The van der Waals surface area contributed by atoms with E-state index < -0.39 is 10.0 Å². The van der Waals surface area contributed by atoms with Crippen LogP contribution in [0.25, 0.3) is 0 Å². The fraction of sp³-hybridized carbons (Fsp3) is 0.769. The van der Waals surface area contributed by atoms with Gasteiger partial charge in [-0.2, -0.15) is 4.37 Å². The molecule has 8 heteroatoms. The second-order valence-electron chi connectivity index (χ2n) is 5.93. The molecule has 1 aromatic heterocycles. The maximum absolute atomic E-state index is 12.4. The van der Waals surface area contributed by atoms with E-state index in [1.165, 1.54) is 44.1 Å². The maximum Gasteiger partial charge on any atom is 0.249 e. The highest BCUT2D eigenvalue weighted by molar-refractivity contribution is 7.89. The molecule has 0 bridgehead atoms. The first-order valence-electron chi connectivity index (χ1n) is 7.24. The van der Waals surface area contributed by atoms with Gasteiger partial charge in [0.2, 0.25) is 10.0 Å². The molecule has 1 saturated carbocycles. The Bertz CT molecular complexity index is 589. The molecule has 1 aromatic rings. The number of nitrogens with two attached hydrogens (primary N) is 1. The van der Waals surface area contributed by atoms with E-state index in [0.29, 0.717) is 5.00 Å². The second-order valence-corrected chi connectivity index (χ2v) is 8.79. The van der Waals surface area contributed by atoms with Crippen LogP contribution in [0.4, 0.5) is 10.8 Å². The molecule has 0 saturated heterocycles. The summed E-state index contributed by atoms with van der Waals surface area (Å²) in [7, 11) is -0.572. The molecule has 6 nitrogen and oxygen atoms in total. The minimum absolute atomic E-state index is 0.0770. The van der Waals surface area contributed by atoms with Gasteiger partial charge in [-0.05, 0) is 36.2 Å². The van der Waals surface area contributed by atoms with E-state index in [2.05, 4.69) is 16.6 Å². The zero-order valence-corrected chi connectivity index (χ0v) is 14.5. The quantitative estimate of drug-likeness (QED) is 0.835. The lowest BCUT2D eigenvalue weighted by atomic mass is 9.83. The van der Waals surface area contributed by atoms with Gasteiger partial charge in [-0.3, -0.25) is 0 Å². The van der Waals surface area contributed by atoms with Crippen molar-refractivity contribution in [2.45, 2.75) is 43.9 Å². The molecule has 0 spiro atoms. The molecule has 120 valence electrons. The lowest BCUT2D eigenvalue weighted by molar-refractivity contribution is 0.307. The number of hydrogen-bond donors (Lipinski definition) is 2. The summed E-state index contributed by atoms with van der Waals surface area (Å²) in [5.41, 5.74) is 6.04. The van der Waals surface area contributed by atoms with Gasteiger partial charge in [0.25, 0.3) is 0 Å². The Balaban J connectivity index is 2.22. The van der Waals surface area contributed by atoms with Crippen LogP contribution in [0, 0.1) is 5.41 Å². The van der Waals surface area contributed by atoms with Crippen LogP contribution in [0.3, 0.4) is 0 Å². The molecular weight excluding hydrogens is 308 g/mol. The van der Waals surface area contributed by atoms with Crippen LogP contribution in [0.1, 0.15) is 39.0 Å². The average Bonchev–Trinajstić information content (AvgIpc) is 3.03. The van der Waals surface area contributed by atoms with E-state index >= 15 is 0 Å². The Morgan fingerprint density at radius 2 is 2.00 bits per heavy atom. The molecule has 0 radical (unpaired) electrons. The normalized spacial score (nSPS) is 18.3. The average molecular weight is 332 g/mol. The van der Waals surface area contributed by atoms with Gasteiger partial charge in [0.1, 0.15) is 5.00 Å². The predicted molar refractivity (Wildman–Crippen MR) is 87.1 cm³/mol. The van der Waals surface area contributed by atoms with Crippen LogP contribution in [0.2, 0.25) is 0 Å². The number of anilines is 2. The second kappa shape index (κ2) is 6.10. The fourth-order valence-corrected chi connectivity index (χ4v) is 4.96. The van der Waals surface area contributed by atoms with Crippen molar-refractivity contribution in [3.63, 3.8) is 0 Å². The molecule has 0 unspecified atom stereocenters. The SMILES string of the molecule is CCC1(CNc2snc(N)c2S(=O)(=O)N(C)C)CCCC1. The van der Waals surface area contributed by atoms with Gasteiger partial charge in [-0.15, -0.1) is 0 Å². The molecule has 0 amide bonds. The van der Waals surface area contributed by atoms with Crippen molar-refractivity contribution in [3.8, 4) is 0 Å². The molecule has 1 aliphatic rings. The Hall–Kier alpha value is -0.860. The van der Waals surface area contributed by atoms with Crippen LogP contribution >= 0.6 is 11.5 Å². The first-order chi connectivity index (χ1) is 9.82. The molecule has 0 aliphatic heterocycles. The summed E-state index contributed by atoms with van der Waals surface area (Å²) >= 11 is 1.12. The Morgan fingerprint density at radius 1 is 1.38 bits per heavy atom. The van der Waals surface area contributed by atoms with E-state index in [1.807, 2.05) is 0 Å². The van der Waals surface area contributed by atoms with Gasteiger partial charge in [-0.1, -0.05) is 19.8 Å². The fourth-order valence-electron chi connectivity index (χ4n) is 2.89. The molecule has 3 N–H and O–H groups in total. The molecule has 1 heterocycles. The summed E-state index contributed by atoms with van der Waals surface area (Å²) in [6.07, 6.45) is 6.00. The summed E-state index contributed by atoms with van der Waals surface area (Å²) in [4.78, 5) is 0.113. The van der Waals surface area contributed by atoms with E-state index in [-0.39, 0.29) is 16.1 Å². The maximum atomic E-state index is 12.4. The zero-order chi connectivity index (χ0) is 15.7. The van der Waals surface area contributed by atoms with Crippen LogP contribution in [-0.4, -0.2) is 37.7 Å². The predicted octanol–water partition coefficient (Wildman–Crippen LogP) is 2.36. The van der Waals surface area contributed by atoms with Gasteiger partial charge in [0.15, 0.2) is 10.7 Å². The minimum Gasteiger partial charge on any atom is -0.382 e. The van der Waals surface area contributed by atoms with Gasteiger partial charge in [0, 0.05) is 20.6 Å². The topological polar surface area (TPSA) is 88.3 Å². The van der Waals surface area contributed by atoms with Crippen molar-refractivity contribution in [3.05, 3.63) is 0 Å². The smallest absolute Gasteiger partial charge is 0.249 e. The summed E-state index contributed by atoms with van der Waals surface area (Å²) < 4.78 is 29.9. The third kappa shape index (κ3) is 3.17. The van der Waals surface area contributed by atoms with Gasteiger partial charge in [0.05, 0.1) is 0 Å². The number of hydrogen-bond acceptors (Lipinski definition) is 6. The van der Waals surface area contributed by atoms with Gasteiger partial charge >= 0.3 is 0 Å². The van der Waals surface area contributed by atoms with Crippen LogP contribution in [0.5, 0.6) is 0 Å². The summed E-state index contributed by atoms with van der Waals surface area (Å²) in [6.45, 7) is 2.98. The van der Waals surface area contributed by atoms with E-state index in [1.54, 1.807) is 0 Å². The number of nitrogens with zero attached hydrogens (tertiary/aromatic N) is 2. The standard InChI is InChI=1S/C13H24N4O2S2/c1-4-13(7-5-6-8-13)9-15-12-10(11(14)16-20-12)21(18,19)17(2)3/h15H,4-9H2,1-3H3,(H2,14,16). The van der Waals surface area contributed by atoms with Crippen molar-refractivity contribution in [2.75, 3.05) is 31.7 Å². The highest BCUT2D eigenvalue weighted by Crippen LogP contribution is 2.42. The van der Waals surface area contributed by atoms with Crippen molar-refractivity contribution in [2.24, 2.45) is 5.41 Å². The third-order valence-corrected chi connectivity index (χ3v) is 7.29. The molecular formula is C13H24N4O2S2. The number of nitrogen functional groups attached to an aromatic ring is 1. The first-order valence-corrected chi connectivity index (χ1v) is 9.45. The van der Waals surface area contributed by atoms with Crippen molar-refractivity contribution in [1.29, 1.82) is 0 Å². The highest BCUT2D eigenvalue weighted by atomic mass is 32.2. The van der Waals surface area contributed by atoms with Crippen LogP contribution in [-0.2, 0) is 10.0 Å². The Labute approximate surface area is 130 Å². The molecule has 0 aromatic carbocycles. The summed E-state index contributed by atoms with van der Waals surface area (Å²) in [6, 6.07) is 0.